The van der Waals surface area contributed by atoms with Crippen molar-refractivity contribution in [3.05, 3.63) is 11.6 Å². The summed E-state index contributed by atoms with van der Waals surface area (Å²) in [7, 11) is 2.03. The summed E-state index contributed by atoms with van der Waals surface area (Å²) in [6.45, 7) is 7.79. The van der Waals surface area contributed by atoms with Gasteiger partial charge in [0, 0.05) is 6.54 Å². The number of nitrogens with one attached hydrogen (secondary N) is 1. The highest BCUT2D eigenvalue weighted by molar-refractivity contribution is 5.05. The van der Waals surface area contributed by atoms with Crippen LogP contribution >= 0.6 is 0 Å². The molecule has 0 aromatic heterocycles. The molecule has 0 amide bonds. The van der Waals surface area contributed by atoms with Crippen LogP contribution in [0.2, 0.25) is 0 Å². The molecule has 0 saturated carbocycles. The van der Waals surface area contributed by atoms with Gasteiger partial charge in [0.1, 0.15) is 0 Å². The Kier molecular flexibility index (Phi) is 7.17. The second kappa shape index (κ2) is 7.35. The van der Waals surface area contributed by atoms with Gasteiger partial charge in [-0.3, -0.25) is 0 Å². The van der Waals surface area contributed by atoms with Crippen LogP contribution < -0.4 is 5.32 Å². The van der Waals surface area contributed by atoms with Gasteiger partial charge in [0.05, 0.1) is 0 Å². The highest BCUT2D eigenvalue weighted by Crippen LogP contribution is 2.18. The first-order chi connectivity index (χ1) is 5.79. The quantitative estimate of drug-likeness (QED) is 0.603. The lowest BCUT2D eigenvalue weighted by molar-refractivity contribution is 0.531. The van der Waals surface area contributed by atoms with Crippen LogP contribution in [0.25, 0.3) is 0 Å². The predicted molar refractivity (Wildman–Crippen MR) is 56.4 cm³/mol. The van der Waals surface area contributed by atoms with Crippen LogP contribution in [0.1, 0.15) is 40.0 Å². The average molecular weight is 169 g/mol. The van der Waals surface area contributed by atoms with Crippen molar-refractivity contribution in [1.82, 2.24) is 5.32 Å². The smallest absolute Gasteiger partial charge is 0.00137 e. The van der Waals surface area contributed by atoms with E-state index in [1.54, 1.807) is 5.57 Å². The van der Waals surface area contributed by atoms with Crippen molar-refractivity contribution < 1.29 is 0 Å². The molecular formula is C11H23N. The maximum Gasteiger partial charge on any atom is 0.00137 e. The van der Waals surface area contributed by atoms with Crippen molar-refractivity contribution in [2.24, 2.45) is 5.92 Å². The standard InChI is InChI=1S/C11H23N/c1-5-8-10(6-2)11(7-3)9-12-4/h6,11-12H,5,7-9H2,1-4H3/b10-6-. The van der Waals surface area contributed by atoms with Gasteiger partial charge in [0.25, 0.3) is 0 Å². The van der Waals surface area contributed by atoms with Crippen molar-refractivity contribution in [3.8, 4) is 0 Å². The maximum atomic E-state index is 3.25. The molecule has 0 radical (unpaired) electrons. The Morgan fingerprint density at radius 3 is 2.42 bits per heavy atom. The monoisotopic (exact) mass is 169 g/mol. The van der Waals surface area contributed by atoms with Gasteiger partial charge >= 0.3 is 0 Å². The molecule has 0 aliphatic carbocycles. The maximum absolute atomic E-state index is 3.25. The largest absolute Gasteiger partial charge is 0.319 e. The summed E-state index contributed by atoms with van der Waals surface area (Å²) in [5, 5.41) is 3.25. The molecule has 0 aromatic rings. The van der Waals surface area contributed by atoms with Gasteiger partial charge in [-0.2, -0.15) is 0 Å². The summed E-state index contributed by atoms with van der Waals surface area (Å²) in [4.78, 5) is 0. The minimum absolute atomic E-state index is 0.750. The predicted octanol–water partition coefficient (Wildman–Crippen LogP) is 2.98. The molecule has 0 heterocycles. The molecule has 0 fully saturated rings. The Labute approximate surface area is 77.2 Å². The van der Waals surface area contributed by atoms with Crippen LogP contribution in [0.5, 0.6) is 0 Å². The first-order valence-electron chi connectivity index (χ1n) is 5.09. The lowest BCUT2D eigenvalue weighted by atomic mass is 9.92. The van der Waals surface area contributed by atoms with E-state index in [4.69, 9.17) is 0 Å². The first kappa shape index (κ1) is 11.7. The summed E-state index contributed by atoms with van der Waals surface area (Å²) < 4.78 is 0. The van der Waals surface area contributed by atoms with Gasteiger partial charge < -0.3 is 5.32 Å². The van der Waals surface area contributed by atoms with Crippen LogP contribution in [0.3, 0.4) is 0 Å². The third-order valence-corrected chi connectivity index (χ3v) is 2.38. The van der Waals surface area contributed by atoms with Gasteiger partial charge in [-0.15, -0.1) is 0 Å². The average Bonchev–Trinajstić information content (AvgIpc) is 2.11. The van der Waals surface area contributed by atoms with Crippen molar-refractivity contribution >= 4 is 0 Å². The van der Waals surface area contributed by atoms with Gasteiger partial charge in [-0.1, -0.05) is 31.9 Å². The fraction of sp³-hybridized carbons (Fsp3) is 0.818. The Bertz CT molecular complexity index is 127. The number of hydrogen-bond acceptors (Lipinski definition) is 1. The fourth-order valence-electron chi connectivity index (χ4n) is 1.66. The zero-order valence-electron chi connectivity index (χ0n) is 8.98. The highest BCUT2D eigenvalue weighted by atomic mass is 14.8. The van der Waals surface area contributed by atoms with Crippen LogP contribution in [0.4, 0.5) is 0 Å². The zero-order chi connectivity index (χ0) is 9.40. The Hall–Kier alpha value is -0.300. The molecule has 0 aliphatic rings. The summed E-state index contributed by atoms with van der Waals surface area (Å²) in [5.74, 6) is 0.750. The first-order valence-corrected chi connectivity index (χ1v) is 5.09. The molecule has 1 atom stereocenters. The third kappa shape index (κ3) is 3.91. The van der Waals surface area contributed by atoms with Crippen LogP contribution in [-0.2, 0) is 0 Å². The second-order valence-corrected chi connectivity index (χ2v) is 3.28. The molecule has 72 valence electrons. The molecule has 1 N–H and O–H groups in total. The lowest BCUT2D eigenvalue weighted by Crippen LogP contribution is -2.19. The van der Waals surface area contributed by atoms with E-state index in [0.717, 1.165) is 12.5 Å². The second-order valence-electron chi connectivity index (χ2n) is 3.28. The molecule has 1 heteroatoms. The van der Waals surface area contributed by atoms with Gasteiger partial charge in [-0.05, 0) is 32.7 Å². The summed E-state index contributed by atoms with van der Waals surface area (Å²) >= 11 is 0. The van der Waals surface area contributed by atoms with E-state index in [-0.39, 0.29) is 0 Å². The van der Waals surface area contributed by atoms with Gasteiger partial charge in [-0.25, -0.2) is 0 Å². The Morgan fingerprint density at radius 2 is 2.08 bits per heavy atom. The van der Waals surface area contributed by atoms with Crippen LogP contribution in [0, 0.1) is 5.92 Å². The Balaban J connectivity index is 4.04. The Morgan fingerprint density at radius 1 is 1.42 bits per heavy atom. The summed E-state index contributed by atoms with van der Waals surface area (Å²) in [6, 6.07) is 0. The molecule has 0 aromatic carbocycles. The van der Waals surface area contributed by atoms with E-state index in [0.29, 0.717) is 0 Å². The minimum atomic E-state index is 0.750. The summed E-state index contributed by atoms with van der Waals surface area (Å²) in [6.07, 6.45) is 6.06. The van der Waals surface area contributed by atoms with Crippen molar-refractivity contribution in [2.45, 2.75) is 40.0 Å². The van der Waals surface area contributed by atoms with Crippen molar-refractivity contribution in [1.29, 1.82) is 0 Å². The molecule has 0 aliphatic heterocycles. The van der Waals surface area contributed by atoms with E-state index in [2.05, 4.69) is 32.2 Å². The molecule has 0 saturated heterocycles. The third-order valence-electron chi connectivity index (χ3n) is 2.38. The van der Waals surface area contributed by atoms with Crippen molar-refractivity contribution in [2.75, 3.05) is 13.6 Å². The molecule has 12 heavy (non-hydrogen) atoms. The van der Waals surface area contributed by atoms with E-state index in [9.17, 15) is 0 Å². The topological polar surface area (TPSA) is 12.0 Å². The van der Waals surface area contributed by atoms with Crippen LogP contribution in [0.15, 0.2) is 11.6 Å². The zero-order valence-corrected chi connectivity index (χ0v) is 8.98. The normalized spacial score (nSPS) is 14.8. The molecule has 0 rings (SSSR count). The van der Waals surface area contributed by atoms with E-state index >= 15 is 0 Å². The minimum Gasteiger partial charge on any atom is -0.319 e. The SMILES string of the molecule is C/C=C(/CCC)C(CC)CNC. The van der Waals surface area contributed by atoms with Crippen molar-refractivity contribution in [3.63, 3.8) is 0 Å². The van der Waals surface area contributed by atoms with E-state index < -0.39 is 0 Å². The molecule has 0 spiro atoms. The molecule has 0 bridgehead atoms. The number of hydrogen-bond donors (Lipinski definition) is 1. The van der Waals surface area contributed by atoms with Gasteiger partial charge in [0.2, 0.25) is 0 Å². The molecule has 1 unspecified atom stereocenters. The lowest BCUT2D eigenvalue weighted by Gasteiger charge is -2.17. The van der Waals surface area contributed by atoms with Crippen LogP contribution in [-0.4, -0.2) is 13.6 Å². The van der Waals surface area contributed by atoms with E-state index in [1.165, 1.54) is 19.3 Å². The number of rotatable bonds is 6. The van der Waals surface area contributed by atoms with E-state index in [1.807, 2.05) is 7.05 Å². The highest BCUT2D eigenvalue weighted by Gasteiger charge is 2.08. The summed E-state index contributed by atoms with van der Waals surface area (Å²) in [5.41, 5.74) is 1.62. The fourth-order valence-corrected chi connectivity index (χ4v) is 1.66. The molecular weight excluding hydrogens is 146 g/mol. The van der Waals surface area contributed by atoms with Gasteiger partial charge in [0.15, 0.2) is 0 Å². The molecule has 1 nitrogen and oxygen atoms in total. The number of allylic oxidation sites excluding steroid dienone is 1.